The maximum absolute atomic E-state index is 11.9. The van der Waals surface area contributed by atoms with Gasteiger partial charge in [0, 0.05) is 25.7 Å². The summed E-state index contributed by atoms with van der Waals surface area (Å²) in [5.74, 6) is 0.0500. The number of hydrogen-bond donors (Lipinski definition) is 1. The van der Waals surface area contributed by atoms with Crippen molar-refractivity contribution < 1.29 is 4.79 Å². The van der Waals surface area contributed by atoms with E-state index in [1.165, 1.54) is 6.20 Å². The number of nitrogens with zero attached hydrogens (tertiary/aromatic N) is 3. The summed E-state index contributed by atoms with van der Waals surface area (Å²) in [6.07, 6.45) is 1.53. The smallest absolute Gasteiger partial charge is 0.267 e. The maximum Gasteiger partial charge on any atom is 0.267 e. The molecule has 0 aromatic carbocycles. The number of aromatic nitrogens is 2. The molecule has 2 rings (SSSR count). The molecule has 5 nitrogen and oxygen atoms in total. The highest BCUT2D eigenvalue weighted by molar-refractivity contribution is 7.07. The summed E-state index contributed by atoms with van der Waals surface area (Å²) in [4.78, 5) is 14.4. The van der Waals surface area contributed by atoms with E-state index in [0.29, 0.717) is 4.88 Å². The molecule has 1 atom stereocenters. The van der Waals surface area contributed by atoms with E-state index in [1.807, 2.05) is 11.8 Å². The third kappa shape index (κ3) is 2.64. The number of carbonyl (C=O) groups is 1. The second kappa shape index (κ2) is 5.39. The first-order valence-corrected chi connectivity index (χ1v) is 5.35. The summed E-state index contributed by atoms with van der Waals surface area (Å²) < 4.78 is 3.69. The van der Waals surface area contributed by atoms with Gasteiger partial charge in [-0.25, -0.2) is 0 Å². The second-order valence-electron chi connectivity index (χ2n) is 3.33. The molecule has 1 amide bonds. The fourth-order valence-electron chi connectivity index (χ4n) is 1.55. The molecule has 1 saturated heterocycles. The van der Waals surface area contributed by atoms with Gasteiger partial charge in [0.25, 0.3) is 5.91 Å². The molecule has 0 radical (unpaired) electrons. The van der Waals surface area contributed by atoms with Crippen LogP contribution in [0.3, 0.4) is 0 Å². The number of halogens is 1. The molecule has 1 aromatic rings. The molecule has 0 aliphatic carbocycles. The van der Waals surface area contributed by atoms with E-state index in [0.717, 1.165) is 31.2 Å². The monoisotopic (exact) mass is 248 g/mol. The Morgan fingerprint density at radius 3 is 3.13 bits per heavy atom. The van der Waals surface area contributed by atoms with Crippen molar-refractivity contribution in [3.8, 4) is 0 Å². The van der Waals surface area contributed by atoms with Crippen LogP contribution in [0.15, 0.2) is 6.20 Å². The lowest BCUT2D eigenvalue weighted by atomic mass is 10.2. The fraction of sp³-hybridized carbons (Fsp3) is 0.625. The minimum Gasteiger partial charge on any atom is -0.333 e. The maximum atomic E-state index is 11.9. The van der Waals surface area contributed by atoms with Crippen molar-refractivity contribution in [3.63, 3.8) is 0 Å². The average Bonchev–Trinajstić information content (AvgIpc) is 2.70. The molecule has 2 heterocycles. The van der Waals surface area contributed by atoms with Crippen LogP contribution >= 0.6 is 23.9 Å². The normalized spacial score (nSPS) is 20.9. The lowest BCUT2D eigenvalue weighted by Gasteiger charge is -2.33. The van der Waals surface area contributed by atoms with Crippen LogP contribution in [0, 0.1) is 0 Å². The Labute approximate surface area is 98.4 Å². The number of piperazine rings is 1. The molecular weight excluding hydrogens is 236 g/mol. The summed E-state index contributed by atoms with van der Waals surface area (Å²) in [7, 11) is 0. The van der Waals surface area contributed by atoms with Gasteiger partial charge < -0.3 is 10.2 Å². The average molecular weight is 249 g/mol. The molecular formula is C8H13ClN4OS. The van der Waals surface area contributed by atoms with Gasteiger partial charge >= 0.3 is 0 Å². The Morgan fingerprint density at radius 2 is 2.53 bits per heavy atom. The molecule has 7 heteroatoms. The summed E-state index contributed by atoms with van der Waals surface area (Å²) >= 11 is 1.15. The van der Waals surface area contributed by atoms with Gasteiger partial charge in [-0.1, -0.05) is 4.49 Å². The van der Waals surface area contributed by atoms with E-state index in [9.17, 15) is 4.79 Å². The molecule has 84 valence electrons. The van der Waals surface area contributed by atoms with Crippen molar-refractivity contribution in [2.75, 3.05) is 19.6 Å². The second-order valence-corrected chi connectivity index (χ2v) is 4.12. The van der Waals surface area contributed by atoms with Gasteiger partial charge in [-0.15, -0.1) is 17.5 Å². The number of hydrogen-bond acceptors (Lipinski definition) is 5. The number of nitrogens with one attached hydrogen (secondary N) is 1. The topological polar surface area (TPSA) is 58.1 Å². The van der Waals surface area contributed by atoms with Crippen LogP contribution in [0.1, 0.15) is 16.6 Å². The predicted octanol–water partition coefficient (Wildman–Crippen LogP) is 0.394. The zero-order valence-electron chi connectivity index (χ0n) is 8.34. The minimum absolute atomic E-state index is 0. The van der Waals surface area contributed by atoms with Gasteiger partial charge in [0.05, 0.1) is 6.20 Å². The first-order valence-electron chi connectivity index (χ1n) is 4.58. The molecule has 0 saturated carbocycles. The van der Waals surface area contributed by atoms with E-state index in [1.54, 1.807) is 0 Å². The Kier molecular flexibility index (Phi) is 4.44. The van der Waals surface area contributed by atoms with E-state index in [-0.39, 0.29) is 24.4 Å². The highest BCUT2D eigenvalue weighted by Crippen LogP contribution is 2.11. The summed E-state index contributed by atoms with van der Waals surface area (Å²) in [5.41, 5.74) is 0. The standard InChI is InChI=1S/C8H12N4OS.ClH/c1-6-4-9-2-3-12(6)8(13)7-5-10-11-14-7;/h5-6,9H,2-4H2,1H3;1H/t6-;/m0./s1. The third-order valence-corrected chi connectivity index (χ3v) is 2.99. The van der Waals surface area contributed by atoms with E-state index in [2.05, 4.69) is 14.9 Å². The minimum atomic E-state index is 0. The van der Waals surface area contributed by atoms with Gasteiger partial charge in [-0.2, -0.15) is 0 Å². The lowest BCUT2D eigenvalue weighted by molar-refractivity contribution is 0.0660. The van der Waals surface area contributed by atoms with E-state index >= 15 is 0 Å². The van der Waals surface area contributed by atoms with Crippen molar-refractivity contribution in [2.24, 2.45) is 0 Å². The van der Waals surface area contributed by atoms with Crippen LogP contribution in [0.5, 0.6) is 0 Å². The Bertz CT molecular complexity index is 318. The van der Waals surface area contributed by atoms with Gasteiger partial charge in [0.15, 0.2) is 0 Å². The van der Waals surface area contributed by atoms with Crippen LogP contribution < -0.4 is 5.32 Å². The highest BCUT2D eigenvalue weighted by atomic mass is 35.5. The van der Waals surface area contributed by atoms with Gasteiger partial charge in [0.2, 0.25) is 0 Å². The van der Waals surface area contributed by atoms with Crippen LogP contribution in [0.25, 0.3) is 0 Å². The first kappa shape index (κ1) is 12.4. The number of rotatable bonds is 1. The van der Waals surface area contributed by atoms with Crippen molar-refractivity contribution in [1.82, 2.24) is 19.8 Å². The largest absolute Gasteiger partial charge is 0.333 e. The molecule has 1 fully saturated rings. The molecule has 0 spiro atoms. The van der Waals surface area contributed by atoms with Crippen LogP contribution in [0.2, 0.25) is 0 Å². The third-order valence-electron chi connectivity index (χ3n) is 2.33. The van der Waals surface area contributed by atoms with E-state index < -0.39 is 0 Å². The summed E-state index contributed by atoms with van der Waals surface area (Å²) in [6.45, 7) is 4.52. The highest BCUT2D eigenvalue weighted by Gasteiger charge is 2.24. The Hall–Kier alpha value is -0.720. The molecule has 0 unspecified atom stereocenters. The molecule has 1 N–H and O–H groups in total. The Balaban J connectivity index is 0.00000112. The molecule has 15 heavy (non-hydrogen) atoms. The van der Waals surface area contributed by atoms with Gasteiger partial charge in [-0.05, 0) is 18.5 Å². The molecule has 1 aromatic heterocycles. The van der Waals surface area contributed by atoms with Crippen LogP contribution in [-0.2, 0) is 0 Å². The zero-order valence-corrected chi connectivity index (χ0v) is 9.98. The Morgan fingerprint density at radius 1 is 1.73 bits per heavy atom. The van der Waals surface area contributed by atoms with Gasteiger partial charge in [0.1, 0.15) is 4.88 Å². The molecule has 1 aliphatic rings. The zero-order chi connectivity index (χ0) is 9.97. The van der Waals surface area contributed by atoms with Gasteiger partial charge in [-0.3, -0.25) is 4.79 Å². The summed E-state index contributed by atoms with van der Waals surface area (Å²) in [5, 5.41) is 6.91. The first-order chi connectivity index (χ1) is 6.79. The molecule has 1 aliphatic heterocycles. The number of amides is 1. The van der Waals surface area contributed by atoms with Crippen molar-refractivity contribution in [3.05, 3.63) is 11.1 Å². The number of carbonyl (C=O) groups excluding carboxylic acids is 1. The van der Waals surface area contributed by atoms with Crippen LogP contribution in [-0.4, -0.2) is 46.1 Å². The summed E-state index contributed by atoms with van der Waals surface area (Å²) in [6, 6.07) is 0.248. The fourth-order valence-corrected chi connectivity index (χ4v) is 2.02. The van der Waals surface area contributed by atoms with Crippen molar-refractivity contribution >= 4 is 29.8 Å². The lowest BCUT2D eigenvalue weighted by Crippen LogP contribution is -2.52. The van der Waals surface area contributed by atoms with Crippen molar-refractivity contribution in [2.45, 2.75) is 13.0 Å². The van der Waals surface area contributed by atoms with Crippen molar-refractivity contribution in [1.29, 1.82) is 0 Å². The predicted molar refractivity (Wildman–Crippen MR) is 60.5 cm³/mol. The molecule has 0 bridgehead atoms. The van der Waals surface area contributed by atoms with Crippen LogP contribution in [0.4, 0.5) is 0 Å². The SMILES string of the molecule is C[C@H]1CNCCN1C(=O)c1cnns1.Cl. The van der Waals surface area contributed by atoms with E-state index in [4.69, 9.17) is 0 Å². The quantitative estimate of drug-likeness (QED) is 0.782.